The Balaban J connectivity index is 1.08. The van der Waals surface area contributed by atoms with Crippen LogP contribution in [-0.4, -0.2) is 119 Å². The molecule has 4 atom stereocenters. The zero-order valence-corrected chi connectivity index (χ0v) is 36.7. The smallest absolute Gasteiger partial charge is 0.468 e. The van der Waals surface area contributed by atoms with Crippen molar-refractivity contribution in [3.8, 4) is 28.8 Å². The first-order chi connectivity index (χ1) is 30.7. The lowest BCUT2D eigenvalue weighted by Gasteiger charge is -2.42. The number of halogens is 1. The van der Waals surface area contributed by atoms with Gasteiger partial charge in [0.25, 0.3) is 5.69 Å². The molecule has 64 heavy (non-hydrogen) atoms. The number of ether oxygens (including phenoxy) is 6. The highest BCUT2D eigenvalue weighted by atomic mass is 19.1. The molecule has 3 aliphatic heterocycles. The lowest BCUT2D eigenvalue weighted by Crippen LogP contribution is -2.57. The van der Waals surface area contributed by atoms with Crippen molar-refractivity contribution < 1.29 is 47.3 Å². The standard InChI is InChI=1S/C46H52FN7O10/c1-7-27-9-8-10-28-19-35(62-26-59-6)20-36(38(27)28)40-39(47)41-37(21-48-40)42(52-22-30-11-12-31(23-52)53(30)44(55)64-46(2,3)4)50-43(49-41)60-24-32-13-14-33(51(32)5)25-61-45(56)63-34-17-15-29(16-18-34)54(57)58/h8-10,15-21,30-33H,7,11-14,22-26H2,1-6H3/t30?,31?,32-,33+/m0/s1. The predicted molar refractivity (Wildman–Crippen MR) is 234 cm³/mol. The number of piperazine rings is 1. The number of hydrogen-bond donors (Lipinski definition) is 0. The first-order valence-electron chi connectivity index (χ1n) is 21.4. The highest BCUT2D eigenvalue weighted by Gasteiger charge is 2.45. The molecular formula is C46H52FN7O10. The number of nitrogens with zero attached hydrogens (tertiary/aromatic N) is 7. The molecule has 5 aromatic rings. The average Bonchev–Trinajstić information content (AvgIpc) is 3.76. The van der Waals surface area contributed by atoms with E-state index < -0.39 is 22.5 Å². The highest BCUT2D eigenvalue weighted by Crippen LogP contribution is 2.41. The summed E-state index contributed by atoms with van der Waals surface area (Å²) in [6.07, 6.45) is 3.99. The molecule has 5 heterocycles. The van der Waals surface area contributed by atoms with Crippen LogP contribution in [0, 0.1) is 15.9 Å². The van der Waals surface area contributed by atoms with Crippen molar-refractivity contribution in [1.29, 1.82) is 0 Å². The maximum Gasteiger partial charge on any atom is 0.513 e. The van der Waals surface area contributed by atoms with Crippen molar-refractivity contribution in [2.24, 2.45) is 0 Å². The third-order valence-corrected chi connectivity index (χ3v) is 12.1. The number of non-ortho nitro benzene ring substituents is 1. The van der Waals surface area contributed by atoms with Crippen molar-refractivity contribution in [1.82, 2.24) is 24.8 Å². The molecule has 2 bridgehead atoms. The molecule has 3 saturated heterocycles. The minimum Gasteiger partial charge on any atom is -0.468 e. The fourth-order valence-electron chi connectivity index (χ4n) is 8.96. The topological polar surface area (TPSA) is 181 Å². The minimum atomic E-state index is -0.927. The van der Waals surface area contributed by atoms with Crippen molar-refractivity contribution >= 4 is 45.4 Å². The van der Waals surface area contributed by atoms with Gasteiger partial charge in [0.05, 0.1) is 22.4 Å². The van der Waals surface area contributed by atoms with E-state index in [4.69, 9.17) is 43.4 Å². The molecule has 8 rings (SSSR count). The first-order valence-corrected chi connectivity index (χ1v) is 21.4. The van der Waals surface area contributed by atoms with Crippen LogP contribution in [0.4, 0.5) is 25.5 Å². The number of aromatic nitrogens is 3. The van der Waals surface area contributed by atoms with E-state index in [1.165, 1.54) is 31.4 Å². The van der Waals surface area contributed by atoms with Gasteiger partial charge in [-0.1, -0.05) is 25.1 Å². The van der Waals surface area contributed by atoms with Gasteiger partial charge in [-0.15, -0.1) is 0 Å². The normalized spacial score (nSPS) is 19.9. The molecule has 2 unspecified atom stereocenters. The molecule has 0 N–H and O–H groups in total. The summed E-state index contributed by atoms with van der Waals surface area (Å²) in [6, 6.07) is 14.2. The van der Waals surface area contributed by atoms with Crippen molar-refractivity contribution in [3.05, 3.63) is 82.3 Å². The second kappa shape index (κ2) is 18.4. The molecule has 3 aliphatic rings. The summed E-state index contributed by atoms with van der Waals surface area (Å²) in [5.74, 6) is 0.424. The number of anilines is 1. The van der Waals surface area contributed by atoms with Gasteiger partial charge in [-0.2, -0.15) is 9.97 Å². The quantitative estimate of drug-likeness (QED) is 0.0364. The van der Waals surface area contributed by atoms with E-state index in [0.717, 1.165) is 29.2 Å². The third kappa shape index (κ3) is 9.29. The van der Waals surface area contributed by atoms with E-state index in [0.29, 0.717) is 54.9 Å². The summed E-state index contributed by atoms with van der Waals surface area (Å²) in [5.41, 5.74) is 0.921. The monoisotopic (exact) mass is 881 g/mol. The summed E-state index contributed by atoms with van der Waals surface area (Å²) in [5, 5.41) is 13.1. The zero-order chi connectivity index (χ0) is 45.3. The Kier molecular flexibility index (Phi) is 12.7. The minimum absolute atomic E-state index is 0.00722. The Morgan fingerprint density at radius 2 is 1.66 bits per heavy atom. The van der Waals surface area contributed by atoms with Crippen molar-refractivity contribution in [2.45, 2.75) is 89.6 Å². The Morgan fingerprint density at radius 3 is 2.33 bits per heavy atom. The van der Waals surface area contributed by atoms with Gasteiger partial charge in [-0.3, -0.25) is 24.9 Å². The molecule has 3 aromatic carbocycles. The van der Waals surface area contributed by atoms with Crippen molar-refractivity contribution in [3.63, 3.8) is 0 Å². The number of amides is 1. The van der Waals surface area contributed by atoms with Crippen LogP contribution < -0.4 is 19.1 Å². The number of nitro benzene ring substituents is 1. The number of methoxy groups -OCH3 is 1. The molecule has 1 amide bonds. The maximum atomic E-state index is 17.5. The van der Waals surface area contributed by atoms with Crippen LogP contribution in [0.1, 0.15) is 58.9 Å². The molecule has 2 aromatic heterocycles. The first kappa shape index (κ1) is 44.2. The number of aryl methyl sites for hydroxylation is 1. The SMILES string of the molecule is CCc1cccc2cc(OCOC)cc(-c3ncc4c(N5CC6CCC(C5)N6C(=O)OC(C)(C)C)nc(OC[C@@H]5CC[C@H](COC(=O)Oc6ccc([N+](=O)[O-])cc6)N5C)nc4c3F)c12. The van der Waals surface area contributed by atoms with E-state index in [-0.39, 0.29) is 78.9 Å². The van der Waals surface area contributed by atoms with Crippen LogP contribution in [0.15, 0.2) is 60.8 Å². The van der Waals surface area contributed by atoms with Gasteiger partial charge < -0.3 is 33.3 Å². The molecule has 0 spiro atoms. The number of carbonyl (C=O) groups excluding carboxylic acids is 2. The predicted octanol–water partition coefficient (Wildman–Crippen LogP) is 8.08. The van der Waals surface area contributed by atoms with E-state index in [9.17, 15) is 19.7 Å². The fourth-order valence-corrected chi connectivity index (χ4v) is 8.96. The van der Waals surface area contributed by atoms with E-state index in [1.54, 1.807) is 12.3 Å². The Morgan fingerprint density at radius 1 is 0.938 bits per heavy atom. The number of carbonyl (C=O) groups is 2. The highest BCUT2D eigenvalue weighted by molar-refractivity contribution is 6.01. The van der Waals surface area contributed by atoms with Crippen LogP contribution in [0.3, 0.4) is 0 Å². The number of nitro groups is 1. The maximum absolute atomic E-state index is 17.5. The fraction of sp³-hybridized carbons (Fsp3) is 0.457. The van der Waals surface area contributed by atoms with Crippen molar-refractivity contribution in [2.75, 3.05) is 52.2 Å². The molecule has 3 fully saturated rings. The summed E-state index contributed by atoms with van der Waals surface area (Å²) in [7, 11) is 3.44. The molecule has 0 saturated carbocycles. The molecule has 338 valence electrons. The van der Waals surface area contributed by atoms with Gasteiger partial charge in [-0.05, 0) is 101 Å². The zero-order valence-electron chi connectivity index (χ0n) is 36.7. The van der Waals surface area contributed by atoms with Crippen LogP contribution in [-0.2, 0) is 20.6 Å². The third-order valence-electron chi connectivity index (χ3n) is 12.1. The van der Waals surface area contributed by atoms with Gasteiger partial charge in [0, 0.05) is 56.2 Å². The average molecular weight is 882 g/mol. The number of likely N-dealkylation sites (N-methyl/N-ethyl adjacent to an activating group) is 1. The summed E-state index contributed by atoms with van der Waals surface area (Å²) >= 11 is 0. The lowest BCUT2D eigenvalue weighted by molar-refractivity contribution is -0.384. The van der Waals surface area contributed by atoms with Gasteiger partial charge in [0.1, 0.15) is 47.3 Å². The van der Waals surface area contributed by atoms with Crippen LogP contribution in [0.25, 0.3) is 32.9 Å². The molecule has 18 heteroatoms. The second-order valence-corrected chi connectivity index (χ2v) is 17.4. The number of fused-ring (bicyclic) bond motifs is 4. The second-order valence-electron chi connectivity index (χ2n) is 17.4. The summed E-state index contributed by atoms with van der Waals surface area (Å²) in [4.78, 5) is 56.6. The number of benzene rings is 3. The van der Waals surface area contributed by atoms with E-state index >= 15 is 4.39 Å². The Bertz CT molecular complexity index is 2540. The van der Waals surface area contributed by atoms with Gasteiger partial charge in [0.15, 0.2) is 12.6 Å². The van der Waals surface area contributed by atoms with Gasteiger partial charge >= 0.3 is 18.3 Å². The van der Waals surface area contributed by atoms with Crippen LogP contribution in [0.2, 0.25) is 0 Å². The number of pyridine rings is 1. The molecule has 0 radical (unpaired) electrons. The largest absolute Gasteiger partial charge is 0.513 e. The summed E-state index contributed by atoms with van der Waals surface area (Å²) in [6.45, 7) is 8.68. The lowest BCUT2D eigenvalue weighted by atomic mass is 9.95. The van der Waals surface area contributed by atoms with Gasteiger partial charge in [-0.25, -0.2) is 14.0 Å². The number of rotatable bonds is 13. The van der Waals surface area contributed by atoms with Crippen LogP contribution >= 0.6 is 0 Å². The van der Waals surface area contributed by atoms with E-state index in [2.05, 4.69) is 4.90 Å². The molecule has 0 aliphatic carbocycles. The van der Waals surface area contributed by atoms with E-state index in [1.807, 2.05) is 68.8 Å². The Hall–Kier alpha value is -6.40. The Labute approximate surface area is 369 Å². The van der Waals surface area contributed by atoms with Crippen LogP contribution in [0.5, 0.6) is 17.5 Å². The molecular weight excluding hydrogens is 830 g/mol. The number of likely N-dealkylation sites (tertiary alicyclic amines) is 1. The van der Waals surface area contributed by atoms with Gasteiger partial charge in [0.2, 0.25) is 0 Å². The summed E-state index contributed by atoms with van der Waals surface area (Å²) < 4.78 is 51.3. The number of hydrogen-bond acceptors (Lipinski definition) is 15. The molecule has 17 nitrogen and oxygen atoms in total.